The summed E-state index contributed by atoms with van der Waals surface area (Å²) in [5.74, 6) is 0.688. The Balaban J connectivity index is 2.05. The number of rotatable bonds is 4. The van der Waals surface area contributed by atoms with Crippen LogP contribution in [0.2, 0.25) is 0 Å². The predicted octanol–water partition coefficient (Wildman–Crippen LogP) is 3.20. The molecule has 0 fully saturated rings. The summed E-state index contributed by atoms with van der Waals surface area (Å²) >= 11 is 0. The Labute approximate surface area is 128 Å². The second-order valence-corrected chi connectivity index (χ2v) is 5.75. The number of hydrogen-bond donors (Lipinski definition) is 0. The van der Waals surface area contributed by atoms with Gasteiger partial charge in [-0.3, -0.25) is 0 Å². The van der Waals surface area contributed by atoms with Crippen molar-refractivity contribution in [2.45, 2.75) is 6.92 Å². The van der Waals surface area contributed by atoms with Gasteiger partial charge in [0.25, 0.3) is 0 Å². The Bertz CT molecular complexity index is 881. The Morgan fingerprint density at radius 3 is 2.59 bits per heavy atom. The zero-order valence-corrected chi connectivity index (χ0v) is 13.1. The molecule has 2 aromatic carbocycles. The molecule has 0 atom stereocenters. The fourth-order valence-electron chi connectivity index (χ4n) is 2.45. The molecule has 3 aromatic rings. The van der Waals surface area contributed by atoms with E-state index >= 15 is 0 Å². The average molecular weight is 297 g/mol. The van der Waals surface area contributed by atoms with E-state index in [0.29, 0.717) is 23.3 Å². The number of likely N-dealkylation sites (N-methyl/N-ethyl adjacent to an activating group) is 1. The van der Waals surface area contributed by atoms with E-state index in [9.17, 15) is 4.79 Å². The maximum atomic E-state index is 12.2. The van der Waals surface area contributed by atoms with Crippen molar-refractivity contribution in [2.75, 3.05) is 27.2 Å². The molecule has 0 saturated carbocycles. The zero-order valence-electron chi connectivity index (χ0n) is 13.1. The molecule has 114 valence electrons. The van der Waals surface area contributed by atoms with Crippen molar-refractivity contribution in [3.05, 3.63) is 52.4 Å². The molecule has 0 spiro atoms. The molecule has 0 bridgehead atoms. The summed E-state index contributed by atoms with van der Waals surface area (Å²) in [6.45, 7) is 3.38. The van der Waals surface area contributed by atoms with Gasteiger partial charge in [0.2, 0.25) is 0 Å². The summed E-state index contributed by atoms with van der Waals surface area (Å²) in [4.78, 5) is 14.3. The van der Waals surface area contributed by atoms with Crippen LogP contribution in [0.5, 0.6) is 5.75 Å². The summed E-state index contributed by atoms with van der Waals surface area (Å²) in [5.41, 5.74) is 1.36. The van der Waals surface area contributed by atoms with Crippen molar-refractivity contribution in [2.24, 2.45) is 0 Å². The van der Waals surface area contributed by atoms with Gasteiger partial charge in [-0.15, -0.1) is 0 Å². The largest absolute Gasteiger partial charge is 0.492 e. The number of hydrogen-bond acceptors (Lipinski definition) is 4. The Morgan fingerprint density at radius 1 is 1.05 bits per heavy atom. The SMILES string of the molecule is Cc1ccc2c(c1)oc(=O)c1cc(OCCN(C)C)ccc12. The van der Waals surface area contributed by atoms with Crippen LogP contribution in [-0.2, 0) is 0 Å². The lowest BCUT2D eigenvalue weighted by atomic mass is 10.1. The van der Waals surface area contributed by atoms with E-state index in [1.807, 2.05) is 56.3 Å². The van der Waals surface area contributed by atoms with Crippen LogP contribution in [0, 0.1) is 6.92 Å². The molecule has 0 N–H and O–H groups in total. The molecular weight excluding hydrogens is 278 g/mol. The third-order valence-corrected chi connectivity index (χ3v) is 3.65. The van der Waals surface area contributed by atoms with E-state index in [0.717, 1.165) is 22.9 Å². The van der Waals surface area contributed by atoms with Crippen LogP contribution in [-0.4, -0.2) is 32.1 Å². The smallest absolute Gasteiger partial charge is 0.344 e. The van der Waals surface area contributed by atoms with E-state index in [1.165, 1.54) is 0 Å². The van der Waals surface area contributed by atoms with E-state index in [4.69, 9.17) is 9.15 Å². The molecule has 4 nitrogen and oxygen atoms in total. The Morgan fingerprint density at radius 2 is 1.82 bits per heavy atom. The first-order chi connectivity index (χ1) is 10.5. The highest BCUT2D eigenvalue weighted by Crippen LogP contribution is 2.26. The van der Waals surface area contributed by atoms with Crippen LogP contribution in [0.4, 0.5) is 0 Å². The molecule has 0 aliphatic heterocycles. The Kier molecular flexibility index (Phi) is 3.86. The highest BCUT2D eigenvalue weighted by atomic mass is 16.5. The molecular formula is C18H19NO3. The topological polar surface area (TPSA) is 42.7 Å². The number of fused-ring (bicyclic) bond motifs is 3. The van der Waals surface area contributed by atoms with Crippen molar-refractivity contribution in [3.63, 3.8) is 0 Å². The average Bonchev–Trinajstić information content (AvgIpc) is 2.47. The van der Waals surface area contributed by atoms with Gasteiger partial charge in [0, 0.05) is 17.3 Å². The molecule has 4 heteroatoms. The lowest BCUT2D eigenvalue weighted by molar-refractivity contribution is 0.261. The van der Waals surface area contributed by atoms with Gasteiger partial charge >= 0.3 is 5.63 Å². The summed E-state index contributed by atoms with van der Waals surface area (Å²) in [7, 11) is 3.99. The van der Waals surface area contributed by atoms with Crippen LogP contribution < -0.4 is 10.4 Å². The summed E-state index contributed by atoms with van der Waals surface area (Å²) in [6.07, 6.45) is 0. The van der Waals surface area contributed by atoms with Crippen molar-refractivity contribution in [3.8, 4) is 5.75 Å². The minimum atomic E-state index is -0.328. The molecule has 0 radical (unpaired) electrons. The van der Waals surface area contributed by atoms with Crippen LogP contribution in [0.25, 0.3) is 21.7 Å². The summed E-state index contributed by atoms with van der Waals surface area (Å²) in [6, 6.07) is 11.5. The molecule has 1 heterocycles. The molecule has 0 aliphatic rings. The molecule has 0 unspecified atom stereocenters. The first-order valence-corrected chi connectivity index (χ1v) is 7.29. The second-order valence-electron chi connectivity index (χ2n) is 5.75. The predicted molar refractivity (Wildman–Crippen MR) is 88.8 cm³/mol. The zero-order chi connectivity index (χ0) is 15.7. The summed E-state index contributed by atoms with van der Waals surface area (Å²) < 4.78 is 11.1. The van der Waals surface area contributed by atoms with Crippen LogP contribution >= 0.6 is 0 Å². The molecule has 1 aromatic heterocycles. The molecule has 0 amide bonds. The first kappa shape index (κ1) is 14.6. The molecule has 3 rings (SSSR count). The fourth-order valence-corrected chi connectivity index (χ4v) is 2.45. The van der Waals surface area contributed by atoms with E-state index in [2.05, 4.69) is 0 Å². The van der Waals surface area contributed by atoms with Crippen molar-refractivity contribution in [1.82, 2.24) is 4.90 Å². The van der Waals surface area contributed by atoms with Crippen LogP contribution in [0.3, 0.4) is 0 Å². The van der Waals surface area contributed by atoms with Gasteiger partial charge in [-0.1, -0.05) is 12.1 Å². The molecule has 22 heavy (non-hydrogen) atoms. The lowest BCUT2D eigenvalue weighted by Crippen LogP contribution is -2.19. The maximum Gasteiger partial charge on any atom is 0.344 e. The monoisotopic (exact) mass is 297 g/mol. The number of benzene rings is 2. The number of nitrogens with zero attached hydrogens (tertiary/aromatic N) is 1. The molecule has 0 saturated heterocycles. The highest BCUT2D eigenvalue weighted by molar-refractivity contribution is 6.04. The number of ether oxygens (including phenoxy) is 1. The molecule has 0 aliphatic carbocycles. The van der Waals surface area contributed by atoms with E-state index in [1.54, 1.807) is 6.07 Å². The first-order valence-electron chi connectivity index (χ1n) is 7.29. The van der Waals surface area contributed by atoms with Crippen LogP contribution in [0.15, 0.2) is 45.6 Å². The van der Waals surface area contributed by atoms with Crippen molar-refractivity contribution < 1.29 is 9.15 Å². The van der Waals surface area contributed by atoms with Crippen molar-refractivity contribution in [1.29, 1.82) is 0 Å². The lowest BCUT2D eigenvalue weighted by Gasteiger charge is -2.11. The second kappa shape index (κ2) is 5.81. The minimum Gasteiger partial charge on any atom is -0.492 e. The van der Waals surface area contributed by atoms with Gasteiger partial charge in [-0.05, 0) is 50.8 Å². The van der Waals surface area contributed by atoms with Gasteiger partial charge in [-0.25, -0.2) is 4.79 Å². The highest BCUT2D eigenvalue weighted by Gasteiger charge is 2.09. The van der Waals surface area contributed by atoms with Gasteiger partial charge in [0.15, 0.2) is 0 Å². The Hall–Kier alpha value is -2.33. The standard InChI is InChI=1S/C18H19NO3/c1-12-4-6-15-14-7-5-13(21-9-8-19(2)3)11-16(14)18(20)22-17(15)10-12/h4-7,10-11H,8-9H2,1-3H3. The fraction of sp³-hybridized carbons (Fsp3) is 0.278. The van der Waals surface area contributed by atoms with Gasteiger partial charge in [0.05, 0.1) is 5.39 Å². The van der Waals surface area contributed by atoms with Gasteiger partial charge in [0.1, 0.15) is 17.9 Å². The maximum absolute atomic E-state index is 12.2. The normalized spacial score (nSPS) is 11.5. The quantitative estimate of drug-likeness (QED) is 0.548. The third kappa shape index (κ3) is 2.83. The number of aryl methyl sites for hydroxylation is 1. The minimum absolute atomic E-state index is 0.328. The summed E-state index contributed by atoms with van der Waals surface area (Å²) in [5, 5.41) is 2.39. The van der Waals surface area contributed by atoms with Gasteiger partial charge in [-0.2, -0.15) is 0 Å². The third-order valence-electron chi connectivity index (χ3n) is 3.65. The van der Waals surface area contributed by atoms with Crippen LogP contribution in [0.1, 0.15) is 5.56 Å². The van der Waals surface area contributed by atoms with E-state index < -0.39 is 0 Å². The van der Waals surface area contributed by atoms with Gasteiger partial charge < -0.3 is 14.1 Å². The van der Waals surface area contributed by atoms with E-state index in [-0.39, 0.29) is 5.63 Å². The van der Waals surface area contributed by atoms with Crippen molar-refractivity contribution >= 4 is 21.7 Å².